The number of fused-ring (bicyclic) bond motifs is 6. The number of rotatable bonds is 5. The first kappa shape index (κ1) is 21.7. The average Bonchev–Trinajstić information content (AvgIpc) is 3.49. The molecule has 1 unspecified atom stereocenters. The first-order valence-corrected chi connectivity index (χ1v) is 11.4. The number of hydrogen-bond acceptors (Lipinski definition) is 5. The Kier molecular flexibility index (Phi) is 4.92. The lowest BCUT2D eigenvalue weighted by atomic mass is 10.0. The van der Waals surface area contributed by atoms with E-state index >= 15 is 0 Å². The molecule has 180 valence electrons. The van der Waals surface area contributed by atoms with E-state index in [1.807, 2.05) is 18.2 Å². The number of methoxy groups -OCH3 is 2. The maximum absolute atomic E-state index is 13.7. The highest BCUT2D eigenvalue weighted by molar-refractivity contribution is 6.18. The van der Waals surface area contributed by atoms with Crippen LogP contribution in [-0.4, -0.2) is 48.4 Å². The van der Waals surface area contributed by atoms with E-state index in [-0.39, 0.29) is 24.3 Å². The molecule has 9 heteroatoms. The van der Waals surface area contributed by atoms with Gasteiger partial charge in [0.25, 0.3) is 11.8 Å². The second-order valence-electron chi connectivity index (χ2n) is 8.56. The fourth-order valence-electron chi connectivity index (χ4n) is 5.12. The normalized spacial score (nSPS) is 16.0. The van der Waals surface area contributed by atoms with E-state index < -0.39 is 6.17 Å². The number of ether oxygens (including phenoxy) is 2. The van der Waals surface area contributed by atoms with Gasteiger partial charge in [-0.2, -0.15) is 0 Å². The van der Waals surface area contributed by atoms with Gasteiger partial charge in [-0.1, -0.05) is 24.3 Å². The number of H-pyrrole nitrogens is 1. The number of benzene rings is 3. The number of nitrogens with zero attached hydrogens (tertiary/aromatic N) is 2. The van der Waals surface area contributed by atoms with E-state index in [1.165, 1.54) is 19.1 Å². The molecule has 2 aliphatic heterocycles. The van der Waals surface area contributed by atoms with Gasteiger partial charge in [0.15, 0.2) is 11.5 Å². The third kappa shape index (κ3) is 3.06. The Hall–Kier alpha value is -4.79. The van der Waals surface area contributed by atoms with Crippen molar-refractivity contribution in [3.8, 4) is 11.5 Å². The van der Waals surface area contributed by atoms with Crippen molar-refractivity contribution >= 4 is 40.0 Å². The minimum absolute atomic E-state index is 0.254. The number of amides is 3. The van der Waals surface area contributed by atoms with Gasteiger partial charge in [0.05, 0.1) is 36.7 Å². The monoisotopic (exact) mass is 482 g/mol. The van der Waals surface area contributed by atoms with Gasteiger partial charge in [0.2, 0.25) is 5.91 Å². The molecule has 0 saturated heterocycles. The van der Waals surface area contributed by atoms with Crippen LogP contribution in [0.4, 0.5) is 11.4 Å². The summed E-state index contributed by atoms with van der Waals surface area (Å²) in [6.07, 6.45) is 0.995. The maximum Gasteiger partial charge on any atom is 0.264 e. The largest absolute Gasteiger partial charge is 0.493 e. The summed E-state index contributed by atoms with van der Waals surface area (Å²) in [6.45, 7) is -0.254. The Labute approximate surface area is 206 Å². The molecule has 0 aliphatic carbocycles. The zero-order valence-corrected chi connectivity index (χ0v) is 19.6. The van der Waals surface area contributed by atoms with Crippen molar-refractivity contribution in [2.24, 2.45) is 0 Å². The predicted octanol–water partition coefficient (Wildman–Crippen LogP) is 3.94. The lowest BCUT2D eigenvalue weighted by Crippen LogP contribution is -2.50. The maximum atomic E-state index is 13.7. The zero-order valence-electron chi connectivity index (χ0n) is 19.6. The molecule has 2 N–H and O–H groups in total. The van der Waals surface area contributed by atoms with Crippen LogP contribution in [0.5, 0.6) is 11.5 Å². The molecular formula is C27H22N4O5. The van der Waals surface area contributed by atoms with Gasteiger partial charge in [-0.15, -0.1) is 0 Å². The van der Waals surface area contributed by atoms with Crippen molar-refractivity contribution in [3.63, 3.8) is 0 Å². The molecule has 36 heavy (non-hydrogen) atoms. The summed E-state index contributed by atoms with van der Waals surface area (Å²) >= 11 is 0. The molecule has 6 rings (SSSR count). The smallest absolute Gasteiger partial charge is 0.264 e. The molecule has 0 spiro atoms. The van der Waals surface area contributed by atoms with Gasteiger partial charge in [-0.3, -0.25) is 19.3 Å². The van der Waals surface area contributed by atoms with Gasteiger partial charge in [-0.05, 0) is 36.4 Å². The number of anilines is 2. The number of nitrogens with one attached hydrogen (secondary N) is 2. The van der Waals surface area contributed by atoms with Crippen LogP contribution in [0.2, 0.25) is 0 Å². The van der Waals surface area contributed by atoms with Crippen LogP contribution in [0.1, 0.15) is 32.4 Å². The summed E-state index contributed by atoms with van der Waals surface area (Å²) in [6, 6.07) is 17.8. The molecule has 3 amide bonds. The van der Waals surface area contributed by atoms with Crippen LogP contribution < -0.4 is 19.7 Å². The topological polar surface area (TPSA) is 104 Å². The number of para-hydroxylation sites is 1. The minimum Gasteiger partial charge on any atom is -0.493 e. The van der Waals surface area contributed by atoms with Crippen LogP contribution in [0, 0.1) is 0 Å². The fraction of sp³-hybridized carbons (Fsp3) is 0.148. The highest BCUT2D eigenvalue weighted by Gasteiger charge is 2.50. The number of aromatic amines is 1. The van der Waals surface area contributed by atoms with E-state index in [0.29, 0.717) is 39.6 Å². The molecule has 4 aromatic rings. The molecule has 2 aliphatic rings. The fourth-order valence-corrected chi connectivity index (χ4v) is 5.12. The van der Waals surface area contributed by atoms with Gasteiger partial charge >= 0.3 is 0 Å². The number of carbonyl (C=O) groups excluding carboxylic acids is 3. The standard InChI is InChI=1S/C27H22N4O5/c1-35-21-11-10-17-23(24(21)36-2)27(34)31-20-9-4-3-6-16(20)26(33)30(25(17)31)14-22(32)29-19-8-5-7-18-15(19)12-13-28-18/h3-13,25,28H,14H2,1-2H3,(H,29,32). The molecule has 3 heterocycles. The van der Waals surface area contributed by atoms with E-state index in [9.17, 15) is 14.4 Å². The number of hydrogen-bond donors (Lipinski definition) is 2. The van der Waals surface area contributed by atoms with Crippen LogP contribution in [-0.2, 0) is 4.79 Å². The van der Waals surface area contributed by atoms with E-state index in [0.717, 1.165) is 10.9 Å². The summed E-state index contributed by atoms with van der Waals surface area (Å²) < 4.78 is 10.9. The van der Waals surface area contributed by atoms with Crippen molar-refractivity contribution in [1.82, 2.24) is 9.88 Å². The lowest BCUT2D eigenvalue weighted by molar-refractivity contribution is -0.117. The second-order valence-corrected chi connectivity index (χ2v) is 8.56. The number of aromatic nitrogens is 1. The third-order valence-corrected chi connectivity index (χ3v) is 6.67. The zero-order chi connectivity index (χ0) is 25.0. The molecule has 0 radical (unpaired) electrons. The van der Waals surface area contributed by atoms with Gasteiger partial charge in [0, 0.05) is 22.7 Å². The number of carbonyl (C=O) groups is 3. The van der Waals surface area contributed by atoms with Gasteiger partial charge in [-0.25, -0.2) is 0 Å². The Morgan fingerprint density at radius 1 is 0.972 bits per heavy atom. The molecule has 9 nitrogen and oxygen atoms in total. The molecule has 0 fully saturated rings. The van der Waals surface area contributed by atoms with Crippen molar-refractivity contribution in [2.75, 3.05) is 31.0 Å². The predicted molar refractivity (Wildman–Crippen MR) is 134 cm³/mol. The van der Waals surface area contributed by atoms with Crippen molar-refractivity contribution in [3.05, 3.63) is 83.6 Å². The van der Waals surface area contributed by atoms with Crippen LogP contribution in [0.15, 0.2) is 66.9 Å². The summed E-state index contributed by atoms with van der Waals surface area (Å²) in [7, 11) is 2.96. The summed E-state index contributed by atoms with van der Waals surface area (Å²) in [5.41, 5.74) is 3.24. The molecule has 0 saturated carbocycles. The highest BCUT2D eigenvalue weighted by atomic mass is 16.5. The van der Waals surface area contributed by atoms with Gasteiger partial charge in [0.1, 0.15) is 12.7 Å². The Bertz CT molecular complexity index is 1560. The average molecular weight is 482 g/mol. The van der Waals surface area contributed by atoms with Crippen molar-refractivity contribution in [2.45, 2.75) is 6.17 Å². The lowest BCUT2D eigenvalue weighted by Gasteiger charge is -2.40. The van der Waals surface area contributed by atoms with Crippen LogP contribution in [0.3, 0.4) is 0 Å². The van der Waals surface area contributed by atoms with E-state index in [1.54, 1.807) is 53.6 Å². The van der Waals surface area contributed by atoms with E-state index in [2.05, 4.69) is 10.3 Å². The molecular weight excluding hydrogens is 460 g/mol. The highest BCUT2D eigenvalue weighted by Crippen LogP contribution is 2.49. The minimum atomic E-state index is -0.802. The summed E-state index contributed by atoms with van der Waals surface area (Å²) in [5, 5.41) is 3.78. The molecule has 3 aromatic carbocycles. The van der Waals surface area contributed by atoms with Crippen LogP contribution in [0.25, 0.3) is 10.9 Å². The van der Waals surface area contributed by atoms with Crippen molar-refractivity contribution < 1.29 is 23.9 Å². The summed E-state index contributed by atoms with van der Waals surface area (Å²) in [4.78, 5) is 46.7. The third-order valence-electron chi connectivity index (χ3n) is 6.67. The van der Waals surface area contributed by atoms with E-state index in [4.69, 9.17) is 9.47 Å². The SMILES string of the molecule is COc1ccc2c(c1OC)C(=O)N1c3ccccc3C(=O)N(CC(=O)Nc3cccc4[nH]ccc34)C21. The second kappa shape index (κ2) is 8.16. The molecule has 1 atom stereocenters. The Morgan fingerprint density at radius 3 is 2.61 bits per heavy atom. The van der Waals surface area contributed by atoms with Crippen LogP contribution >= 0.6 is 0 Å². The molecule has 0 bridgehead atoms. The first-order chi connectivity index (χ1) is 17.5. The quantitative estimate of drug-likeness (QED) is 0.449. The first-order valence-electron chi connectivity index (χ1n) is 11.4. The summed E-state index contributed by atoms with van der Waals surface area (Å²) in [5.74, 6) is -0.334. The van der Waals surface area contributed by atoms with Gasteiger partial charge < -0.3 is 24.7 Å². The Balaban J connectivity index is 1.43. The van der Waals surface area contributed by atoms with Crippen molar-refractivity contribution in [1.29, 1.82) is 0 Å². The Morgan fingerprint density at radius 2 is 1.81 bits per heavy atom. The molecule has 1 aromatic heterocycles.